The van der Waals surface area contributed by atoms with Gasteiger partial charge in [0.05, 0.1) is 23.8 Å². The van der Waals surface area contributed by atoms with E-state index < -0.39 is 28.7 Å². The van der Waals surface area contributed by atoms with Gasteiger partial charge in [-0.25, -0.2) is 9.18 Å². The standard InChI is InChI=1S/C23H24ClFO6/c1-3-23(28,15-8-10-30-11-9-15)16-12-18(22(27)31-29-2)20(19(25)13-16)21(26)14-4-6-17(24)7-5-14/h4-7,12-13,15,28H,3,8-11H2,1-2H3/t23-/m0/s1. The van der Waals surface area contributed by atoms with Gasteiger partial charge in [0.25, 0.3) is 0 Å². The van der Waals surface area contributed by atoms with Crippen molar-refractivity contribution in [1.29, 1.82) is 0 Å². The smallest absolute Gasteiger partial charge is 0.373 e. The van der Waals surface area contributed by atoms with E-state index in [1.807, 2.05) is 0 Å². The van der Waals surface area contributed by atoms with Crippen LogP contribution in [-0.4, -0.2) is 37.2 Å². The van der Waals surface area contributed by atoms with E-state index in [9.17, 15) is 14.7 Å². The first kappa shape index (κ1) is 23.3. The van der Waals surface area contributed by atoms with Crippen molar-refractivity contribution in [3.8, 4) is 0 Å². The molecule has 0 aromatic heterocycles. The Bertz CT molecular complexity index is 955. The molecule has 1 heterocycles. The monoisotopic (exact) mass is 450 g/mol. The van der Waals surface area contributed by atoms with Gasteiger partial charge in [0.1, 0.15) is 5.82 Å². The maximum Gasteiger partial charge on any atom is 0.373 e. The number of ether oxygens (including phenoxy) is 1. The minimum absolute atomic E-state index is 0.151. The molecule has 0 amide bonds. The average Bonchev–Trinajstić information content (AvgIpc) is 2.78. The van der Waals surface area contributed by atoms with E-state index in [-0.39, 0.29) is 22.6 Å². The summed E-state index contributed by atoms with van der Waals surface area (Å²) in [6.07, 6.45) is 1.48. The van der Waals surface area contributed by atoms with Crippen LogP contribution in [0.25, 0.3) is 0 Å². The zero-order valence-electron chi connectivity index (χ0n) is 17.3. The lowest BCUT2D eigenvalue weighted by molar-refractivity contribution is -0.216. The first-order valence-electron chi connectivity index (χ1n) is 10.0. The molecule has 0 bridgehead atoms. The molecule has 1 aliphatic rings. The lowest BCUT2D eigenvalue weighted by atomic mass is 9.74. The zero-order valence-corrected chi connectivity index (χ0v) is 18.1. The summed E-state index contributed by atoms with van der Waals surface area (Å²) in [5.74, 6) is -2.87. The molecule has 1 saturated heterocycles. The molecule has 1 N–H and O–H groups in total. The molecule has 1 atom stereocenters. The largest absolute Gasteiger partial charge is 0.385 e. The summed E-state index contributed by atoms with van der Waals surface area (Å²) in [7, 11) is 1.13. The van der Waals surface area contributed by atoms with Crippen LogP contribution in [0.4, 0.5) is 4.39 Å². The number of hydrogen-bond acceptors (Lipinski definition) is 6. The Kier molecular flexibility index (Phi) is 7.43. The van der Waals surface area contributed by atoms with Crippen molar-refractivity contribution in [2.45, 2.75) is 31.8 Å². The Morgan fingerprint density at radius 1 is 1.23 bits per heavy atom. The summed E-state index contributed by atoms with van der Waals surface area (Å²) >= 11 is 5.86. The van der Waals surface area contributed by atoms with Gasteiger partial charge < -0.3 is 9.84 Å². The van der Waals surface area contributed by atoms with E-state index >= 15 is 4.39 Å². The van der Waals surface area contributed by atoms with Crippen molar-refractivity contribution in [2.24, 2.45) is 5.92 Å². The fourth-order valence-electron chi connectivity index (χ4n) is 4.02. The van der Waals surface area contributed by atoms with Crippen LogP contribution in [-0.2, 0) is 20.1 Å². The van der Waals surface area contributed by atoms with E-state index in [0.29, 0.717) is 37.5 Å². The molecule has 8 heteroatoms. The Morgan fingerprint density at radius 2 is 1.87 bits per heavy atom. The summed E-state index contributed by atoms with van der Waals surface area (Å²) in [5, 5.41) is 11.9. The fourth-order valence-corrected chi connectivity index (χ4v) is 4.14. The van der Waals surface area contributed by atoms with Gasteiger partial charge in [-0.1, -0.05) is 18.5 Å². The number of carbonyl (C=O) groups is 2. The summed E-state index contributed by atoms with van der Waals surface area (Å²) in [6.45, 7) is 2.76. The molecule has 0 radical (unpaired) electrons. The molecule has 3 rings (SSSR count). The van der Waals surface area contributed by atoms with Gasteiger partial charge >= 0.3 is 5.97 Å². The molecule has 0 spiro atoms. The lowest BCUT2D eigenvalue weighted by Crippen LogP contribution is -2.38. The van der Waals surface area contributed by atoms with Gasteiger partial charge in [-0.05, 0) is 67.1 Å². The highest BCUT2D eigenvalue weighted by molar-refractivity contribution is 6.30. The maximum atomic E-state index is 15.3. The Balaban J connectivity index is 2.13. The fraction of sp³-hybridized carbons (Fsp3) is 0.391. The van der Waals surface area contributed by atoms with E-state index in [0.717, 1.165) is 13.2 Å². The van der Waals surface area contributed by atoms with Gasteiger partial charge in [-0.2, -0.15) is 4.89 Å². The number of benzene rings is 2. The molecular formula is C23H24ClFO6. The van der Waals surface area contributed by atoms with Crippen molar-refractivity contribution < 1.29 is 33.6 Å². The molecule has 2 aromatic rings. The van der Waals surface area contributed by atoms with Gasteiger partial charge in [0.15, 0.2) is 5.78 Å². The van der Waals surface area contributed by atoms with Crippen LogP contribution < -0.4 is 0 Å². The van der Waals surface area contributed by atoms with Crippen LogP contribution in [0.1, 0.15) is 58.0 Å². The van der Waals surface area contributed by atoms with Crippen LogP contribution in [0.2, 0.25) is 5.02 Å². The second-order valence-corrected chi connectivity index (χ2v) is 7.85. The summed E-state index contributed by atoms with van der Waals surface area (Å²) < 4.78 is 20.7. The highest BCUT2D eigenvalue weighted by Gasteiger charge is 2.39. The van der Waals surface area contributed by atoms with Crippen molar-refractivity contribution >= 4 is 23.4 Å². The van der Waals surface area contributed by atoms with E-state index in [1.54, 1.807) is 6.92 Å². The van der Waals surface area contributed by atoms with Crippen molar-refractivity contribution in [3.63, 3.8) is 0 Å². The highest BCUT2D eigenvalue weighted by atomic mass is 35.5. The van der Waals surface area contributed by atoms with Crippen LogP contribution in [0.3, 0.4) is 0 Å². The van der Waals surface area contributed by atoms with E-state index in [4.69, 9.17) is 16.3 Å². The van der Waals surface area contributed by atoms with E-state index in [2.05, 4.69) is 9.78 Å². The summed E-state index contributed by atoms with van der Waals surface area (Å²) in [5.41, 5.74) is -1.82. The minimum atomic E-state index is -1.39. The highest BCUT2D eigenvalue weighted by Crippen LogP contribution is 2.40. The lowest BCUT2D eigenvalue weighted by Gasteiger charge is -2.38. The van der Waals surface area contributed by atoms with Gasteiger partial charge in [-0.15, -0.1) is 0 Å². The quantitative estimate of drug-likeness (QED) is 0.381. The zero-order chi connectivity index (χ0) is 22.6. The molecule has 0 unspecified atom stereocenters. The minimum Gasteiger partial charge on any atom is -0.385 e. The third-order valence-corrected chi connectivity index (χ3v) is 5.99. The van der Waals surface area contributed by atoms with Gasteiger partial charge in [-0.3, -0.25) is 9.68 Å². The molecule has 6 nitrogen and oxygen atoms in total. The van der Waals surface area contributed by atoms with Crippen LogP contribution >= 0.6 is 11.6 Å². The number of rotatable bonds is 7. The molecule has 2 aromatic carbocycles. The third kappa shape index (κ3) is 4.80. The molecule has 1 fully saturated rings. The number of carbonyl (C=O) groups excluding carboxylic acids is 2. The summed E-state index contributed by atoms with van der Waals surface area (Å²) in [4.78, 5) is 34.6. The predicted octanol–water partition coefficient (Wildman–Crippen LogP) is 4.45. The van der Waals surface area contributed by atoms with E-state index in [1.165, 1.54) is 30.3 Å². The van der Waals surface area contributed by atoms with Crippen molar-refractivity contribution in [1.82, 2.24) is 0 Å². The molecule has 0 aliphatic carbocycles. The van der Waals surface area contributed by atoms with Gasteiger partial charge in [0, 0.05) is 23.8 Å². The number of aliphatic hydroxyl groups is 1. The predicted molar refractivity (Wildman–Crippen MR) is 111 cm³/mol. The van der Waals surface area contributed by atoms with Crippen LogP contribution in [0, 0.1) is 11.7 Å². The maximum absolute atomic E-state index is 15.3. The average molecular weight is 451 g/mol. The van der Waals surface area contributed by atoms with Crippen LogP contribution in [0.5, 0.6) is 0 Å². The number of halogens is 2. The first-order chi connectivity index (χ1) is 14.8. The Labute approximate surface area is 184 Å². The van der Waals surface area contributed by atoms with Crippen molar-refractivity contribution in [2.75, 3.05) is 20.3 Å². The second kappa shape index (κ2) is 9.87. The summed E-state index contributed by atoms with van der Waals surface area (Å²) in [6, 6.07) is 8.30. The molecule has 31 heavy (non-hydrogen) atoms. The first-order valence-corrected chi connectivity index (χ1v) is 10.4. The topological polar surface area (TPSA) is 82.1 Å². The van der Waals surface area contributed by atoms with Crippen LogP contribution in [0.15, 0.2) is 36.4 Å². The SMILES string of the molecule is CC[C@@](O)(c1cc(F)c(C(=O)c2ccc(Cl)cc2)c(C(=O)OOC)c1)C1CCOCC1. The molecular weight excluding hydrogens is 427 g/mol. The normalized spacial score (nSPS) is 16.5. The molecule has 166 valence electrons. The number of hydrogen-bond donors (Lipinski definition) is 1. The molecule has 0 saturated carbocycles. The molecule has 1 aliphatic heterocycles. The number of ketones is 1. The van der Waals surface area contributed by atoms with Gasteiger partial charge in [0.2, 0.25) is 0 Å². The second-order valence-electron chi connectivity index (χ2n) is 7.42. The van der Waals surface area contributed by atoms with Crippen molar-refractivity contribution in [3.05, 3.63) is 69.5 Å². The Morgan fingerprint density at radius 3 is 2.45 bits per heavy atom. The Hall–Kier alpha value is -2.32. The third-order valence-electron chi connectivity index (χ3n) is 5.74.